The predicted octanol–water partition coefficient (Wildman–Crippen LogP) is 2.90. The molecule has 2 N–H and O–H groups in total. The summed E-state index contributed by atoms with van der Waals surface area (Å²) in [4.78, 5) is 14.2. The molecule has 0 radical (unpaired) electrons. The molecule has 128 valence electrons. The second kappa shape index (κ2) is 7.49. The van der Waals surface area contributed by atoms with Crippen molar-refractivity contribution >= 4 is 17.4 Å². The van der Waals surface area contributed by atoms with Crippen LogP contribution in [0.4, 0.5) is 11.5 Å². The third-order valence-corrected chi connectivity index (χ3v) is 4.21. The highest BCUT2D eigenvalue weighted by molar-refractivity contribution is 5.89. The highest BCUT2D eigenvalue weighted by Crippen LogP contribution is 2.28. The topological polar surface area (TPSA) is 70.2 Å². The second-order valence-corrected chi connectivity index (χ2v) is 6.32. The van der Waals surface area contributed by atoms with E-state index < -0.39 is 0 Å². The highest BCUT2D eigenvalue weighted by atomic mass is 16.5. The van der Waals surface area contributed by atoms with Crippen LogP contribution in [0.25, 0.3) is 0 Å². The monoisotopic (exact) mass is 328 g/mol. The Bertz CT molecular complexity index is 690. The molecule has 6 nitrogen and oxygen atoms in total. The Morgan fingerprint density at radius 2 is 2.29 bits per heavy atom. The van der Waals surface area contributed by atoms with Crippen LogP contribution in [-0.4, -0.2) is 36.8 Å². The summed E-state index contributed by atoms with van der Waals surface area (Å²) in [7, 11) is 4.02. The fourth-order valence-electron chi connectivity index (χ4n) is 2.84. The zero-order chi connectivity index (χ0) is 16.9. The molecule has 1 fully saturated rings. The van der Waals surface area contributed by atoms with Crippen LogP contribution < -0.4 is 10.2 Å². The van der Waals surface area contributed by atoms with Gasteiger partial charge >= 0.3 is 0 Å². The van der Waals surface area contributed by atoms with Crippen molar-refractivity contribution in [2.75, 3.05) is 30.9 Å². The number of rotatable bonds is 6. The Kier molecular flexibility index (Phi) is 5.15. The van der Waals surface area contributed by atoms with Gasteiger partial charge in [0.05, 0.1) is 11.8 Å². The number of nitrogens with one attached hydrogen (secondary N) is 2. The molecule has 0 spiro atoms. The smallest absolute Gasteiger partial charge is 0.225 e. The number of aryl methyl sites for hydroxylation is 1. The number of aromatic amines is 1. The summed E-state index contributed by atoms with van der Waals surface area (Å²) < 4.78 is 5.61. The largest absolute Gasteiger partial charge is 0.378 e. The van der Waals surface area contributed by atoms with Crippen LogP contribution in [0, 0.1) is 0 Å². The van der Waals surface area contributed by atoms with Gasteiger partial charge < -0.3 is 15.0 Å². The molecule has 24 heavy (non-hydrogen) atoms. The summed E-state index contributed by atoms with van der Waals surface area (Å²) in [5.74, 6) is 0.531. The van der Waals surface area contributed by atoms with E-state index in [2.05, 4.69) is 32.5 Å². The number of H-pyrrole nitrogens is 1. The van der Waals surface area contributed by atoms with Gasteiger partial charge in [0.1, 0.15) is 0 Å². The van der Waals surface area contributed by atoms with E-state index in [-0.39, 0.29) is 12.0 Å². The number of carbonyl (C=O) groups excluding carboxylic acids is 1. The van der Waals surface area contributed by atoms with E-state index in [0.29, 0.717) is 18.7 Å². The third kappa shape index (κ3) is 4.14. The molecule has 1 saturated heterocycles. The maximum absolute atomic E-state index is 12.1. The summed E-state index contributed by atoms with van der Waals surface area (Å²) in [5.41, 5.74) is 3.22. The number of ether oxygens (including phenoxy) is 1. The number of benzene rings is 1. The zero-order valence-electron chi connectivity index (χ0n) is 14.2. The van der Waals surface area contributed by atoms with Crippen LogP contribution in [0.2, 0.25) is 0 Å². The molecule has 0 saturated carbocycles. The number of amides is 1. The van der Waals surface area contributed by atoms with Crippen LogP contribution in [0.5, 0.6) is 0 Å². The summed E-state index contributed by atoms with van der Waals surface area (Å²) >= 11 is 0. The zero-order valence-corrected chi connectivity index (χ0v) is 14.2. The first kappa shape index (κ1) is 16.5. The Morgan fingerprint density at radius 3 is 3.04 bits per heavy atom. The molecule has 3 rings (SSSR count). The van der Waals surface area contributed by atoms with Crippen molar-refractivity contribution in [3.63, 3.8) is 0 Å². The van der Waals surface area contributed by atoms with Crippen molar-refractivity contribution in [3.8, 4) is 0 Å². The Labute approximate surface area is 142 Å². The van der Waals surface area contributed by atoms with E-state index in [0.717, 1.165) is 36.4 Å². The van der Waals surface area contributed by atoms with Gasteiger partial charge in [-0.2, -0.15) is 5.10 Å². The van der Waals surface area contributed by atoms with Crippen LogP contribution in [0.1, 0.15) is 36.6 Å². The van der Waals surface area contributed by atoms with Gasteiger partial charge in [0, 0.05) is 38.9 Å². The SMILES string of the molecule is CN(C)c1cccc(CCC(=O)Nc2cc([C@@H]3CCCO3)[nH]n2)c1. The van der Waals surface area contributed by atoms with Crippen molar-refractivity contribution < 1.29 is 9.53 Å². The lowest BCUT2D eigenvalue weighted by atomic mass is 10.1. The normalized spacial score (nSPS) is 17.0. The van der Waals surface area contributed by atoms with Crippen molar-refractivity contribution in [1.82, 2.24) is 10.2 Å². The summed E-state index contributed by atoms with van der Waals surface area (Å²) in [5, 5.41) is 9.95. The number of carbonyl (C=O) groups is 1. The summed E-state index contributed by atoms with van der Waals surface area (Å²) in [6, 6.07) is 10.1. The Hall–Kier alpha value is -2.34. The predicted molar refractivity (Wildman–Crippen MR) is 94.2 cm³/mol. The lowest BCUT2D eigenvalue weighted by Gasteiger charge is -2.13. The van der Waals surface area contributed by atoms with Gasteiger partial charge in [0.2, 0.25) is 5.91 Å². The molecule has 2 heterocycles. The van der Waals surface area contributed by atoms with E-state index >= 15 is 0 Å². The first-order valence-corrected chi connectivity index (χ1v) is 8.35. The maximum atomic E-state index is 12.1. The number of hydrogen-bond acceptors (Lipinski definition) is 4. The molecule has 0 unspecified atom stereocenters. The second-order valence-electron chi connectivity index (χ2n) is 6.32. The minimum atomic E-state index is -0.0318. The van der Waals surface area contributed by atoms with E-state index in [4.69, 9.17) is 4.74 Å². The van der Waals surface area contributed by atoms with Gasteiger partial charge in [0.25, 0.3) is 0 Å². The van der Waals surface area contributed by atoms with Gasteiger partial charge in [0.15, 0.2) is 5.82 Å². The minimum Gasteiger partial charge on any atom is -0.378 e. The van der Waals surface area contributed by atoms with Crippen molar-refractivity contribution in [3.05, 3.63) is 41.6 Å². The van der Waals surface area contributed by atoms with E-state index in [1.165, 1.54) is 0 Å². The quantitative estimate of drug-likeness (QED) is 0.855. The van der Waals surface area contributed by atoms with Crippen molar-refractivity contribution in [2.24, 2.45) is 0 Å². The standard InChI is InChI=1S/C18H24N4O2/c1-22(2)14-6-3-5-13(11-14)8-9-18(23)19-17-12-15(20-21-17)16-7-4-10-24-16/h3,5-6,11-12,16H,4,7-10H2,1-2H3,(H2,19,20,21,23)/t16-/m0/s1. The maximum Gasteiger partial charge on any atom is 0.225 e. The van der Waals surface area contributed by atoms with E-state index in [1.807, 2.05) is 32.3 Å². The molecule has 1 amide bonds. The molecule has 1 aliphatic rings. The number of aromatic nitrogens is 2. The molecular weight excluding hydrogens is 304 g/mol. The minimum absolute atomic E-state index is 0.0318. The molecule has 1 aliphatic heterocycles. The molecule has 2 aromatic rings. The van der Waals surface area contributed by atoms with Crippen molar-refractivity contribution in [2.45, 2.75) is 31.8 Å². The Balaban J connectivity index is 1.51. The lowest BCUT2D eigenvalue weighted by Crippen LogP contribution is -2.13. The molecule has 1 aromatic carbocycles. The fourth-order valence-corrected chi connectivity index (χ4v) is 2.84. The first-order chi connectivity index (χ1) is 11.6. The van der Waals surface area contributed by atoms with E-state index in [9.17, 15) is 4.79 Å². The van der Waals surface area contributed by atoms with Crippen molar-refractivity contribution in [1.29, 1.82) is 0 Å². The Morgan fingerprint density at radius 1 is 1.42 bits per heavy atom. The van der Waals surface area contributed by atoms with Gasteiger partial charge in [-0.25, -0.2) is 0 Å². The van der Waals surface area contributed by atoms with Crippen LogP contribution in [0.3, 0.4) is 0 Å². The van der Waals surface area contributed by atoms with Gasteiger partial charge in [-0.05, 0) is 37.0 Å². The molecule has 0 bridgehead atoms. The molecule has 0 aliphatic carbocycles. The number of nitrogens with zero attached hydrogens (tertiary/aromatic N) is 2. The average molecular weight is 328 g/mol. The van der Waals surface area contributed by atoms with Crippen LogP contribution in [0.15, 0.2) is 30.3 Å². The van der Waals surface area contributed by atoms with Gasteiger partial charge in [-0.3, -0.25) is 9.89 Å². The highest BCUT2D eigenvalue weighted by Gasteiger charge is 2.20. The van der Waals surface area contributed by atoms with Gasteiger partial charge in [-0.15, -0.1) is 0 Å². The lowest BCUT2D eigenvalue weighted by molar-refractivity contribution is -0.116. The molecule has 6 heteroatoms. The number of hydrogen-bond donors (Lipinski definition) is 2. The summed E-state index contributed by atoms with van der Waals surface area (Å²) in [6.07, 6.45) is 3.28. The number of anilines is 2. The summed E-state index contributed by atoms with van der Waals surface area (Å²) in [6.45, 7) is 0.789. The van der Waals surface area contributed by atoms with Gasteiger partial charge in [-0.1, -0.05) is 12.1 Å². The average Bonchev–Trinajstić information content (AvgIpc) is 3.24. The fraction of sp³-hybridized carbons (Fsp3) is 0.444. The first-order valence-electron chi connectivity index (χ1n) is 8.35. The molecule has 1 atom stereocenters. The molecular formula is C18H24N4O2. The van der Waals surface area contributed by atoms with Crippen LogP contribution >= 0.6 is 0 Å². The third-order valence-electron chi connectivity index (χ3n) is 4.21. The van der Waals surface area contributed by atoms with Crippen LogP contribution in [-0.2, 0) is 16.0 Å². The van der Waals surface area contributed by atoms with E-state index in [1.54, 1.807) is 0 Å². The molecule has 1 aromatic heterocycles.